The molecule has 0 atom stereocenters. The van der Waals surface area contributed by atoms with Crippen LogP contribution in [0.3, 0.4) is 0 Å². The molecule has 1 fully saturated rings. The van der Waals surface area contributed by atoms with Crippen LogP contribution in [0.1, 0.15) is 17.7 Å². The zero-order valence-electron chi connectivity index (χ0n) is 16.5. The lowest BCUT2D eigenvalue weighted by molar-refractivity contribution is 0.0815. The van der Waals surface area contributed by atoms with Gasteiger partial charge in [-0.15, -0.1) is 21.5 Å². The van der Waals surface area contributed by atoms with Crippen molar-refractivity contribution < 1.29 is 4.74 Å². The van der Waals surface area contributed by atoms with Gasteiger partial charge in [-0.3, -0.25) is 4.57 Å². The predicted molar refractivity (Wildman–Crippen MR) is 119 cm³/mol. The molecule has 148 valence electrons. The van der Waals surface area contributed by atoms with E-state index in [0.717, 1.165) is 49.8 Å². The Labute approximate surface area is 174 Å². The number of benzene rings is 2. The molecular weight excluding hydrogens is 380 g/mol. The number of anilines is 1. The first-order valence-corrected chi connectivity index (χ1v) is 10.9. The van der Waals surface area contributed by atoms with Crippen LogP contribution in [0, 0.1) is 0 Å². The average Bonchev–Trinajstić information content (AvgIpc) is 3.44. The third-order valence-corrected chi connectivity index (χ3v) is 6.58. The molecule has 1 aliphatic rings. The zero-order valence-corrected chi connectivity index (χ0v) is 17.3. The van der Waals surface area contributed by atoms with Crippen molar-refractivity contribution in [1.82, 2.24) is 14.8 Å². The van der Waals surface area contributed by atoms with Gasteiger partial charge in [0.15, 0.2) is 5.82 Å². The maximum Gasteiger partial charge on any atom is 0.227 e. The summed E-state index contributed by atoms with van der Waals surface area (Å²) in [5, 5.41) is 13.9. The maximum atomic E-state index is 5.55. The number of nitrogens with zero attached hydrogens (tertiary/aromatic N) is 4. The van der Waals surface area contributed by atoms with Crippen LogP contribution >= 0.6 is 11.3 Å². The van der Waals surface area contributed by atoms with Gasteiger partial charge in [0.2, 0.25) is 5.95 Å². The number of hydrogen-bond donors (Lipinski definition) is 0. The highest BCUT2D eigenvalue weighted by Gasteiger charge is 2.25. The molecule has 0 unspecified atom stereocenters. The van der Waals surface area contributed by atoms with Crippen molar-refractivity contribution in [3.05, 3.63) is 64.9 Å². The Hall–Kier alpha value is -2.70. The molecule has 2 aromatic heterocycles. The highest BCUT2D eigenvalue weighted by atomic mass is 32.1. The van der Waals surface area contributed by atoms with Crippen molar-refractivity contribution in [3.63, 3.8) is 0 Å². The number of aromatic nitrogens is 3. The van der Waals surface area contributed by atoms with Gasteiger partial charge in [-0.05, 0) is 35.1 Å². The predicted octanol–water partition coefficient (Wildman–Crippen LogP) is 4.82. The number of fused-ring (bicyclic) bond motifs is 1. The topological polar surface area (TPSA) is 43.2 Å². The molecule has 0 saturated carbocycles. The van der Waals surface area contributed by atoms with Gasteiger partial charge >= 0.3 is 0 Å². The van der Waals surface area contributed by atoms with E-state index in [1.807, 2.05) is 0 Å². The molecule has 0 radical (unpaired) electrons. The van der Waals surface area contributed by atoms with Crippen LogP contribution in [0.15, 0.2) is 60.0 Å². The normalized spacial score (nSPS) is 15.3. The summed E-state index contributed by atoms with van der Waals surface area (Å²) in [5.41, 5.74) is 1.13. The molecule has 0 aliphatic carbocycles. The number of hydrogen-bond acceptors (Lipinski definition) is 5. The third-order valence-electron chi connectivity index (χ3n) is 5.71. The second-order valence-electron chi connectivity index (χ2n) is 7.44. The first-order valence-electron chi connectivity index (χ1n) is 10.0. The van der Waals surface area contributed by atoms with E-state index in [0.29, 0.717) is 6.10 Å². The van der Waals surface area contributed by atoms with Crippen LogP contribution in [0.25, 0.3) is 22.2 Å². The molecule has 1 saturated heterocycles. The quantitative estimate of drug-likeness (QED) is 0.478. The lowest BCUT2D eigenvalue weighted by Crippen LogP contribution is -2.38. The van der Waals surface area contributed by atoms with E-state index in [4.69, 9.17) is 4.74 Å². The van der Waals surface area contributed by atoms with Crippen LogP contribution < -0.4 is 4.90 Å². The summed E-state index contributed by atoms with van der Waals surface area (Å²) in [6.45, 7) is 2.66. The lowest BCUT2D eigenvalue weighted by Gasteiger charge is -2.32. The summed E-state index contributed by atoms with van der Waals surface area (Å²) in [6, 6.07) is 19.2. The van der Waals surface area contributed by atoms with Crippen molar-refractivity contribution >= 4 is 28.1 Å². The monoisotopic (exact) mass is 404 g/mol. The van der Waals surface area contributed by atoms with Gasteiger partial charge < -0.3 is 9.64 Å². The van der Waals surface area contributed by atoms with Gasteiger partial charge in [-0.25, -0.2) is 0 Å². The minimum absolute atomic E-state index is 0.345. The number of ether oxygens (including phenoxy) is 1. The molecule has 0 N–H and O–H groups in total. The Morgan fingerprint density at radius 3 is 2.62 bits per heavy atom. The molecule has 5 rings (SSSR count). The van der Waals surface area contributed by atoms with Crippen LogP contribution in [-0.2, 0) is 11.3 Å². The SMILES string of the molecule is COC1CCN(c2nnc(-c3cccc4ccccc34)n2Cc2cccs2)CC1. The smallest absolute Gasteiger partial charge is 0.227 e. The number of rotatable bonds is 5. The summed E-state index contributed by atoms with van der Waals surface area (Å²) in [5.74, 6) is 1.88. The molecular formula is C23H24N4OS. The van der Waals surface area contributed by atoms with Gasteiger partial charge in [0, 0.05) is 30.6 Å². The van der Waals surface area contributed by atoms with E-state index in [1.165, 1.54) is 15.6 Å². The maximum absolute atomic E-state index is 5.55. The standard InChI is InChI=1S/C23H24N4OS/c1-28-18-11-13-26(14-12-18)23-25-24-22(27(23)16-19-8-5-15-29-19)21-10-4-7-17-6-2-3-9-20(17)21/h2-10,15,18H,11-14,16H2,1H3. The first-order chi connectivity index (χ1) is 14.3. The van der Waals surface area contributed by atoms with Crippen LogP contribution in [0.5, 0.6) is 0 Å². The number of methoxy groups -OCH3 is 1. The summed E-state index contributed by atoms with van der Waals surface area (Å²) < 4.78 is 7.82. The summed E-state index contributed by atoms with van der Waals surface area (Å²) in [6.07, 6.45) is 2.38. The van der Waals surface area contributed by atoms with E-state index >= 15 is 0 Å². The Morgan fingerprint density at radius 1 is 1.00 bits per heavy atom. The van der Waals surface area contributed by atoms with E-state index in [2.05, 4.69) is 79.6 Å². The van der Waals surface area contributed by atoms with E-state index in [-0.39, 0.29) is 0 Å². The minimum Gasteiger partial charge on any atom is -0.381 e. The second kappa shape index (κ2) is 7.97. The fourth-order valence-corrected chi connectivity index (χ4v) is 4.84. The fourth-order valence-electron chi connectivity index (χ4n) is 4.14. The van der Waals surface area contributed by atoms with Gasteiger partial charge in [0.05, 0.1) is 12.6 Å². The molecule has 29 heavy (non-hydrogen) atoms. The summed E-state index contributed by atoms with van der Waals surface area (Å²) in [4.78, 5) is 3.66. The second-order valence-corrected chi connectivity index (χ2v) is 8.47. The first kappa shape index (κ1) is 18.3. The highest BCUT2D eigenvalue weighted by molar-refractivity contribution is 7.09. The third kappa shape index (κ3) is 3.54. The van der Waals surface area contributed by atoms with Crippen LogP contribution in [-0.4, -0.2) is 41.1 Å². The molecule has 0 spiro atoms. The number of piperidine rings is 1. The Morgan fingerprint density at radius 2 is 1.83 bits per heavy atom. The largest absolute Gasteiger partial charge is 0.381 e. The Bertz CT molecular complexity index is 1090. The summed E-state index contributed by atoms with van der Waals surface area (Å²) in [7, 11) is 1.80. The molecule has 2 aromatic carbocycles. The summed E-state index contributed by atoms with van der Waals surface area (Å²) >= 11 is 1.77. The van der Waals surface area contributed by atoms with Crippen molar-refractivity contribution in [1.29, 1.82) is 0 Å². The van der Waals surface area contributed by atoms with Crippen LogP contribution in [0.4, 0.5) is 5.95 Å². The molecule has 5 nitrogen and oxygen atoms in total. The Balaban J connectivity index is 1.59. The van der Waals surface area contributed by atoms with Gasteiger partial charge in [0.1, 0.15) is 0 Å². The van der Waals surface area contributed by atoms with E-state index in [9.17, 15) is 0 Å². The molecule has 4 aromatic rings. The lowest BCUT2D eigenvalue weighted by atomic mass is 10.0. The zero-order chi connectivity index (χ0) is 19.6. The number of thiophene rings is 1. The molecule has 0 amide bonds. The minimum atomic E-state index is 0.345. The van der Waals surface area contributed by atoms with Gasteiger partial charge in [0.25, 0.3) is 0 Å². The van der Waals surface area contributed by atoms with Gasteiger partial charge in [-0.2, -0.15) is 0 Å². The van der Waals surface area contributed by atoms with Crippen molar-refractivity contribution in [2.45, 2.75) is 25.5 Å². The average molecular weight is 405 g/mol. The van der Waals surface area contributed by atoms with E-state index in [1.54, 1.807) is 18.4 Å². The molecule has 0 bridgehead atoms. The Kier molecular flexibility index (Phi) is 5.04. The molecule has 3 heterocycles. The fraction of sp³-hybridized carbons (Fsp3) is 0.304. The van der Waals surface area contributed by atoms with Crippen LogP contribution in [0.2, 0.25) is 0 Å². The van der Waals surface area contributed by atoms with E-state index < -0.39 is 0 Å². The van der Waals surface area contributed by atoms with Crippen molar-refractivity contribution in [2.75, 3.05) is 25.1 Å². The van der Waals surface area contributed by atoms with Gasteiger partial charge in [-0.1, -0.05) is 48.5 Å². The molecule has 6 heteroatoms. The highest BCUT2D eigenvalue weighted by Crippen LogP contribution is 2.31. The van der Waals surface area contributed by atoms with Crippen molar-refractivity contribution in [2.24, 2.45) is 0 Å². The van der Waals surface area contributed by atoms with Crippen molar-refractivity contribution in [3.8, 4) is 11.4 Å². The molecule has 1 aliphatic heterocycles.